The van der Waals surface area contributed by atoms with Crippen molar-refractivity contribution in [3.05, 3.63) is 58.0 Å². The van der Waals surface area contributed by atoms with Gasteiger partial charge in [0.05, 0.1) is 5.56 Å². The van der Waals surface area contributed by atoms with Crippen LogP contribution in [-0.4, -0.2) is 5.78 Å². The molecule has 100 valence electrons. The first-order valence-electron chi connectivity index (χ1n) is 5.94. The quantitative estimate of drug-likeness (QED) is 0.787. The second kappa shape index (κ2) is 4.96. The van der Waals surface area contributed by atoms with Crippen LogP contribution in [0.3, 0.4) is 0 Å². The minimum absolute atomic E-state index is 0.0256. The Labute approximate surface area is 110 Å². The topological polar surface area (TPSA) is 30.2 Å². The lowest BCUT2D eigenvalue weighted by atomic mass is 10.00. The molecule has 0 atom stereocenters. The molecule has 0 saturated heterocycles. The lowest BCUT2D eigenvalue weighted by Gasteiger charge is -2.02. The maximum absolute atomic E-state index is 13.1. The van der Waals surface area contributed by atoms with E-state index in [-0.39, 0.29) is 12.2 Å². The molecule has 0 aliphatic rings. The summed E-state index contributed by atoms with van der Waals surface area (Å²) in [5.41, 5.74) is 1.77. The molecule has 19 heavy (non-hydrogen) atoms. The standard InChI is InChI=1S/C15H14F2O2/c1-8-9(2)19-10(3)15(8)14(18)7-11-4-5-12(16)13(17)6-11/h4-6H,7H2,1-3H3. The molecule has 0 aliphatic heterocycles. The molecule has 1 heterocycles. The molecule has 0 radical (unpaired) electrons. The van der Waals surface area contributed by atoms with Gasteiger partial charge in [-0.25, -0.2) is 8.78 Å². The maximum atomic E-state index is 13.1. The van der Waals surface area contributed by atoms with Gasteiger partial charge in [0.2, 0.25) is 0 Å². The number of benzene rings is 1. The Balaban J connectivity index is 2.28. The first-order valence-corrected chi connectivity index (χ1v) is 5.94. The zero-order chi connectivity index (χ0) is 14.2. The van der Waals surface area contributed by atoms with Crippen molar-refractivity contribution < 1.29 is 18.0 Å². The summed E-state index contributed by atoms with van der Waals surface area (Å²) in [5.74, 6) is -0.753. The monoisotopic (exact) mass is 264 g/mol. The molecular weight excluding hydrogens is 250 g/mol. The van der Waals surface area contributed by atoms with Crippen LogP contribution >= 0.6 is 0 Å². The summed E-state index contributed by atoms with van der Waals surface area (Å²) < 4.78 is 31.3. The van der Waals surface area contributed by atoms with E-state index in [1.54, 1.807) is 13.8 Å². The second-order valence-electron chi connectivity index (χ2n) is 4.56. The third kappa shape index (κ3) is 2.57. The van der Waals surface area contributed by atoms with Crippen LogP contribution in [-0.2, 0) is 6.42 Å². The fourth-order valence-electron chi connectivity index (χ4n) is 2.13. The average Bonchev–Trinajstić information content (AvgIpc) is 2.58. The number of Topliss-reactive ketones (excluding diaryl/α,β-unsaturated/α-hetero) is 1. The minimum atomic E-state index is -0.942. The SMILES string of the molecule is Cc1oc(C)c(C(=O)Cc2ccc(F)c(F)c2)c1C. The fraction of sp³-hybridized carbons (Fsp3) is 0.267. The van der Waals surface area contributed by atoms with Crippen LogP contribution in [0.1, 0.15) is 33.0 Å². The molecule has 0 amide bonds. The highest BCUT2D eigenvalue weighted by molar-refractivity contribution is 5.99. The average molecular weight is 264 g/mol. The number of carbonyl (C=O) groups is 1. The lowest BCUT2D eigenvalue weighted by molar-refractivity contribution is 0.0991. The molecule has 1 aromatic carbocycles. The van der Waals surface area contributed by atoms with Crippen LogP contribution in [0.2, 0.25) is 0 Å². The largest absolute Gasteiger partial charge is 0.466 e. The summed E-state index contributed by atoms with van der Waals surface area (Å²) in [4.78, 5) is 12.2. The molecule has 2 rings (SSSR count). The van der Waals surface area contributed by atoms with E-state index >= 15 is 0 Å². The first-order chi connectivity index (χ1) is 8.90. The molecule has 0 bridgehead atoms. The summed E-state index contributed by atoms with van der Waals surface area (Å²) in [6, 6.07) is 3.48. The highest BCUT2D eigenvalue weighted by Crippen LogP contribution is 2.22. The first kappa shape index (κ1) is 13.5. The number of furan rings is 1. The van der Waals surface area contributed by atoms with Gasteiger partial charge < -0.3 is 4.42 Å². The van der Waals surface area contributed by atoms with Crippen LogP contribution in [0, 0.1) is 32.4 Å². The zero-order valence-corrected chi connectivity index (χ0v) is 11.0. The van der Waals surface area contributed by atoms with Gasteiger partial charge in [0.15, 0.2) is 17.4 Å². The van der Waals surface area contributed by atoms with E-state index < -0.39 is 11.6 Å². The van der Waals surface area contributed by atoms with E-state index in [1.807, 2.05) is 6.92 Å². The van der Waals surface area contributed by atoms with Gasteiger partial charge in [-0.2, -0.15) is 0 Å². The molecule has 0 aliphatic carbocycles. The smallest absolute Gasteiger partial charge is 0.171 e. The summed E-state index contributed by atoms with van der Waals surface area (Å²) in [5, 5.41) is 0. The lowest BCUT2D eigenvalue weighted by Crippen LogP contribution is -2.06. The highest BCUT2D eigenvalue weighted by atomic mass is 19.2. The van der Waals surface area contributed by atoms with Crippen molar-refractivity contribution in [1.29, 1.82) is 0 Å². The molecule has 0 fully saturated rings. The molecule has 0 unspecified atom stereocenters. The van der Waals surface area contributed by atoms with Gasteiger partial charge in [-0.05, 0) is 38.5 Å². The molecule has 0 saturated carbocycles. The predicted molar refractivity (Wildman–Crippen MR) is 67.3 cm³/mol. The molecule has 4 heteroatoms. The number of rotatable bonds is 3. The fourth-order valence-corrected chi connectivity index (χ4v) is 2.13. The van der Waals surface area contributed by atoms with Crippen molar-refractivity contribution in [2.45, 2.75) is 27.2 Å². The van der Waals surface area contributed by atoms with E-state index in [2.05, 4.69) is 0 Å². The Bertz CT molecular complexity index is 642. The van der Waals surface area contributed by atoms with Crippen molar-refractivity contribution in [3.8, 4) is 0 Å². The third-order valence-corrected chi connectivity index (χ3v) is 3.19. The van der Waals surface area contributed by atoms with Crippen LogP contribution < -0.4 is 0 Å². The number of aryl methyl sites for hydroxylation is 2. The minimum Gasteiger partial charge on any atom is -0.466 e. The van der Waals surface area contributed by atoms with Gasteiger partial charge in [-0.1, -0.05) is 6.07 Å². The van der Waals surface area contributed by atoms with Crippen molar-refractivity contribution in [1.82, 2.24) is 0 Å². The normalized spacial score (nSPS) is 10.8. The molecule has 2 nitrogen and oxygen atoms in total. The van der Waals surface area contributed by atoms with E-state index in [0.717, 1.165) is 17.7 Å². The molecule has 2 aromatic rings. The molecular formula is C15H14F2O2. The molecule has 1 aromatic heterocycles. The molecule has 0 N–H and O–H groups in total. The summed E-state index contributed by atoms with van der Waals surface area (Å²) in [6.07, 6.45) is 0.0256. The number of hydrogen-bond donors (Lipinski definition) is 0. The number of carbonyl (C=O) groups excluding carboxylic acids is 1. The maximum Gasteiger partial charge on any atom is 0.171 e. The summed E-state index contributed by atoms with van der Waals surface area (Å²) >= 11 is 0. The van der Waals surface area contributed by atoms with Gasteiger partial charge in [-0.3, -0.25) is 4.79 Å². The Hall–Kier alpha value is -1.97. The summed E-state index contributed by atoms with van der Waals surface area (Å²) in [6.45, 7) is 5.32. The van der Waals surface area contributed by atoms with E-state index in [1.165, 1.54) is 6.07 Å². The zero-order valence-electron chi connectivity index (χ0n) is 11.0. The van der Waals surface area contributed by atoms with Crippen LogP contribution in [0.4, 0.5) is 8.78 Å². The van der Waals surface area contributed by atoms with Crippen molar-refractivity contribution >= 4 is 5.78 Å². The van der Waals surface area contributed by atoms with Crippen molar-refractivity contribution in [2.24, 2.45) is 0 Å². The second-order valence-corrected chi connectivity index (χ2v) is 4.56. The van der Waals surface area contributed by atoms with Gasteiger partial charge in [0.1, 0.15) is 11.5 Å². The van der Waals surface area contributed by atoms with E-state index in [0.29, 0.717) is 22.6 Å². The van der Waals surface area contributed by atoms with E-state index in [9.17, 15) is 13.6 Å². The van der Waals surface area contributed by atoms with Crippen LogP contribution in [0.5, 0.6) is 0 Å². The van der Waals surface area contributed by atoms with Gasteiger partial charge in [0.25, 0.3) is 0 Å². The Morgan fingerprint density at radius 3 is 2.32 bits per heavy atom. The Morgan fingerprint density at radius 2 is 1.79 bits per heavy atom. The Kier molecular flexibility index (Phi) is 3.51. The Morgan fingerprint density at radius 1 is 1.11 bits per heavy atom. The van der Waals surface area contributed by atoms with Gasteiger partial charge in [0, 0.05) is 12.0 Å². The van der Waals surface area contributed by atoms with Gasteiger partial charge in [-0.15, -0.1) is 0 Å². The number of halogens is 2. The summed E-state index contributed by atoms with van der Waals surface area (Å²) in [7, 11) is 0. The van der Waals surface area contributed by atoms with Crippen molar-refractivity contribution in [2.75, 3.05) is 0 Å². The number of hydrogen-bond acceptors (Lipinski definition) is 2. The number of ketones is 1. The highest BCUT2D eigenvalue weighted by Gasteiger charge is 2.19. The molecule has 0 spiro atoms. The third-order valence-electron chi connectivity index (χ3n) is 3.19. The van der Waals surface area contributed by atoms with Crippen molar-refractivity contribution in [3.63, 3.8) is 0 Å². The van der Waals surface area contributed by atoms with E-state index in [4.69, 9.17) is 4.42 Å². The van der Waals surface area contributed by atoms with Gasteiger partial charge >= 0.3 is 0 Å². The van der Waals surface area contributed by atoms with Crippen LogP contribution in [0.25, 0.3) is 0 Å². The van der Waals surface area contributed by atoms with Crippen LogP contribution in [0.15, 0.2) is 22.6 Å². The predicted octanol–water partition coefficient (Wildman–Crippen LogP) is 3.91.